The Morgan fingerprint density at radius 3 is 2.85 bits per heavy atom. The van der Waals surface area contributed by atoms with Gasteiger partial charge in [0.05, 0.1) is 5.02 Å². The van der Waals surface area contributed by atoms with E-state index in [0.717, 1.165) is 24.4 Å². The Morgan fingerprint density at radius 2 is 2.25 bits per heavy atom. The Morgan fingerprint density at radius 1 is 1.45 bits per heavy atom. The number of nitrogens with one attached hydrogen (secondary N) is 1. The molecule has 2 rings (SSSR count). The molecule has 1 N–H and O–H groups in total. The van der Waals surface area contributed by atoms with E-state index in [1.807, 2.05) is 7.05 Å². The van der Waals surface area contributed by atoms with Crippen molar-refractivity contribution >= 4 is 11.6 Å². The number of hydrogen-bond donors (Lipinski definition) is 1. The van der Waals surface area contributed by atoms with E-state index in [-0.39, 0.29) is 11.1 Å². The van der Waals surface area contributed by atoms with Crippen LogP contribution in [0.1, 0.15) is 30.8 Å². The summed E-state index contributed by atoms with van der Waals surface area (Å²) in [5, 5.41) is 7.65. The highest BCUT2D eigenvalue weighted by Crippen LogP contribution is 2.23. The zero-order valence-corrected chi connectivity index (χ0v) is 12.4. The molecule has 0 bridgehead atoms. The standard InChI is InChI=1S/C14H18ClFN4/c1-3-6-17-13(8-14-18-9-19-20(14)2)10-4-5-12(16)11(15)7-10/h4-5,7,9,13,17H,3,6,8H2,1-2H3. The fourth-order valence-electron chi connectivity index (χ4n) is 2.04. The van der Waals surface area contributed by atoms with Crippen LogP contribution in [0.25, 0.3) is 0 Å². The summed E-state index contributed by atoms with van der Waals surface area (Å²) in [6.07, 6.45) is 3.23. The fraction of sp³-hybridized carbons (Fsp3) is 0.429. The molecular weight excluding hydrogens is 279 g/mol. The molecule has 1 heterocycles. The molecule has 1 unspecified atom stereocenters. The van der Waals surface area contributed by atoms with Crippen LogP contribution in [-0.4, -0.2) is 21.3 Å². The van der Waals surface area contributed by atoms with Gasteiger partial charge in [-0.15, -0.1) is 0 Å². The van der Waals surface area contributed by atoms with Crippen LogP contribution in [0.3, 0.4) is 0 Å². The van der Waals surface area contributed by atoms with Crippen LogP contribution in [-0.2, 0) is 13.5 Å². The summed E-state index contributed by atoms with van der Waals surface area (Å²) in [5.41, 5.74) is 0.952. The van der Waals surface area contributed by atoms with Crippen molar-refractivity contribution in [2.75, 3.05) is 6.54 Å². The zero-order valence-electron chi connectivity index (χ0n) is 11.6. The van der Waals surface area contributed by atoms with Crippen LogP contribution >= 0.6 is 11.6 Å². The summed E-state index contributed by atoms with van der Waals surface area (Å²) >= 11 is 5.87. The average Bonchev–Trinajstić information content (AvgIpc) is 2.83. The molecule has 6 heteroatoms. The molecule has 0 aliphatic heterocycles. The number of hydrogen-bond acceptors (Lipinski definition) is 3. The molecule has 4 nitrogen and oxygen atoms in total. The van der Waals surface area contributed by atoms with Crippen molar-refractivity contribution in [3.8, 4) is 0 Å². The zero-order chi connectivity index (χ0) is 14.5. The first kappa shape index (κ1) is 14.9. The predicted molar refractivity (Wildman–Crippen MR) is 77.2 cm³/mol. The monoisotopic (exact) mass is 296 g/mol. The second-order valence-electron chi connectivity index (χ2n) is 4.68. The first-order valence-electron chi connectivity index (χ1n) is 6.63. The Bertz CT molecular complexity index is 570. The number of aromatic nitrogens is 3. The first-order chi connectivity index (χ1) is 9.61. The van der Waals surface area contributed by atoms with E-state index in [9.17, 15) is 4.39 Å². The van der Waals surface area contributed by atoms with Gasteiger partial charge in [0.25, 0.3) is 0 Å². The van der Waals surface area contributed by atoms with Crippen LogP contribution in [0.4, 0.5) is 4.39 Å². The number of benzene rings is 1. The SMILES string of the molecule is CCCNC(Cc1ncnn1C)c1ccc(F)c(Cl)c1. The second-order valence-corrected chi connectivity index (χ2v) is 5.09. The molecule has 0 saturated carbocycles. The van der Waals surface area contributed by atoms with Crippen molar-refractivity contribution in [1.82, 2.24) is 20.1 Å². The summed E-state index contributed by atoms with van der Waals surface area (Å²) in [5.74, 6) is 0.474. The third-order valence-corrected chi connectivity index (χ3v) is 3.47. The van der Waals surface area contributed by atoms with Crippen LogP contribution in [0.2, 0.25) is 5.02 Å². The molecule has 0 aliphatic rings. The van der Waals surface area contributed by atoms with Crippen LogP contribution in [0, 0.1) is 5.82 Å². The summed E-state index contributed by atoms with van der Waals surface area (Å²) in [6, 6.07) is 4.86. The van der Waals surface area contributed by atoms with Gasteiger partial charge in [-0.3, -0.25) is 4.68 Å². The maximum atomic E-state index is 13.3. The quantitative estimate of drug-likeness (QED) is 0.891. The lowest BCUT2D eigenvalue weighted by Crippen LogP contribution is -2.25. The van der Waals surface area contributed by atoms with E-state index in [1.165, 1.54) is 12.4 Å². The van der Waals surface area contributed by atoms with E-state index < -0.39 is 5.82 Å². The smallest absolute Gasteiger partial charge is 0.141 e. The van der Waals surface area contributed by atoms with Gasteiger partial charge in [0.15, 0.2) is 0 Å². The molecule has 0 aliphatic carbocycles. The minimum Gasteiger partial charge on any atom is -0.310 e. The van der Waals surface area contributed by atoms with Crippen molar-refractivity contribution in [3.63, 3.8) is 0 Å². The molecule has 0 radical (unpaired) electrons. The highest BCUT2D eigenvalue weighted by Gasteiger charge is 2.15. The Labute approximate surface area is 123 Å². The van der Waals surface area contributed by atoms with Crippen molar-refractivity contribution in [1.29, 1.82) is 0 Å². The summed E-state index contributed by atoms with van der Waals surface area (Å²) in [4.78, 5) is 4.23. The normalized spacial score (nSPS) is 12.6. The third kappa shape index (κ3) is 3.55. The molecule has 2 aromatic rings. The van der Waals surface area contributed by atoms with Gasteiger partial charge in [-0.1, -0.05) is 24.6 Å². The molecule has 108 valence electrons. The van der Waals surface area contributed by atoms with Crippen molar-refractivity contribution in [2.24, 2.45) is 7.05 Å². The average molecular weight is 297 g/mol. The van der Waals surface area contributed by atoms with Gasteiger partial charge in [-0.25, -0.2) is 9.37 Å². The Kier molecular flexibility index (Phi) is 5.09. The Hall–Kier alpha value is -1.46. The van der Waals surface area contributed by atoms with Gasteiger partial charge < -0.3 is 5.32 Å². The summed E-state index contributed by atoms with van der Waals surface area (Å²) < 4.78 is 15.0. The second kappa shape index (κ2) is 6.81. The number of nitrogens with zero attached hydrogens (tertiary/aromatic N) is 3. The minimum atomic E-state index is -0.400. The molecule has 1 aromatic heterocycles. The van der Waals surface area contributed by atoms with Gasteiger partial charge in [-0.05, 0) is 30.7 Å². The lowest BCUT2D eigenvalue weighted by atomic mass is 10.0. The van der Waals surface area contributed by atoms with Crippen molar-refractivity contribution < 1.29 is 4.39 Å². The highest BCUT2D eigenvalue weighted by atomic mass is 35.5. The van der Waals surface area contributed by atoms with Crippen LogP contribution < -0.4 is 5.32 Å². The molecular formula is C14H18ClFN4. The predicted octanol–water partition coefficient (Wildman–Crippen LogP) is 2.89. The Balaban J connectivity index is 2.22. The first-order valence-corrected chi connectivity index (χ1v) is 7.00. The lowest BCUT2D eigenvalue weighted by molar-refractivity contribution is 0.505. The number of aryl methyl sites for hydroxylation is 1. The van der Waals surface area contributed by atoms with E-state index in [2.05, 4.69) is 22.3 Å². The fourth-order valence-corrected chi connectivity index (χ4v) is 2.23. The van der Waals surface area contributed by atoms with Gasteiger partial charge in [0.2, 0.25) is 0 Å². The van der Waals surface area contributed by atoms with Crippen molar-refractivity contribution in [3.05, 3.63) is 46.8 Å². The maximum absolute atomic E-state index is 13.3. The highest BCUT2D eigenvalue weighted by molar-refractivity contribution is 6.30. The minimum absolute atomic E-state index is 0.0379. The van der Waals surface area contributed by atoms with E-state index >= 15 is 0 Å². The number of halogens is 2. The van der Waals surface area contributed by atoms with Gasteiger partial charge in [0, 0.05) is 19.5 Å². The molecule has 0 saturated heterocycles. The van der Waals surface area contributed by atoms with Gasteiger partial charge >= 0.3 is 0 Å². The van der Waals surface area contributed by atoms with Crippen molar-refractivity contribution in [2.45, 2.75) is 25.8 Å². The molecule has 1 atom stereocenters. The number of rotatable bonds is 6. The molecule has 1 aromatic carbocycles. The largest absolute Gasteiger partial charge is 0.310 e. The molecule has 20 heavy (non-hydrogen) atoms. The van der Waals surface area contributed by atoms with E-state index in [0.29, 0.717) is 6.42 Å². The third-order valence-electron chi connectivity index (χ3n) is 3.18. The molecule has 0 spiro atoms. The topological polar surface area (TPSA) is 42.7 Å². The molecule has 0 fully saturated rings. The lowest BCUT2D eigenvalue weighted by Gasteiger charge is -2.19. The summed E-state index contributed by atoms with van der Waals surface area (Å²) in [7, 11) is 1.86. The summed E-state index contributed by atoms with van der Waals surface area (Å²) in [6.45, 7) is 2.97. The van der Waals surface area contributed by atoms with E-state index in [1.54, 1.807) is 16.8 Å². The van der Waals surface area contributed by atoms with Gasteiger partial charge in [0.1, 0.15) is 18.0 Å². The molecule has 0 amide bonds. The van der Waals surface area contributed by atoms with E-state index in [4.69, 9.17) is 11.6 Å². The van der Waals surface area contributed by atoms with Crippen LogP contribution in [0.5, 0.6) is 0 Å². The van der Waals surface area contributed by atoms with Gasteiger partial charge in [-0.2, -0.15) is 5.10 Å². The maximum Gasteiger partial charge on any atom is 0.141 e. The van der Waals surface area contributed by atoms with Crippen LogP contribution in [0.15, 0.2) is 24.5 Å².